The van der Waals surface area contributed by atoms with Crippen LogP contribution in [-0.2, 0) is 24.2 Å². The van der Waals surface area contributed by atoms with Gasteiger partial charge in [0.15, 0.2) is 11.5 Å². The predicted octanol–water partition coefficient (Wildman–Crippen LogP) is 3.11. The number of benzene rings is 2. The van der Waals surface area contributed by atoms with E-state index in [2.05, 4.69) is 26.0 Å². The fourth-order valence-electron chi connectivity index (χ4n) is 5.51. The molecule has 12 heteroatoms. The average Bonchev–Trinajstić information content (AvgIpc) is 3.54. The van der Waals surface area contributed by atoms with Gasteiger partial charge < -0.3 is 21.1 Å². The van der Waals surface area contributed by atoms with Gasteiger partial charge in [-0.3, -0.25) is 14.4 Å². The zero-order chi connectivity index (χ0) is 28.8. The van der Waals surface area contributed by atoms with Crippen LogP contribution in [0, 0.1) is 12.7 Å². The largest absolute Gasteiger partial charge is 0.478 e. The first-order valence-electron chi connectivity index (χ1n) is 13.1. The van der Waals surface area contributed by atoms with Crippen LogP contribution >= 0.6 is 0 Å². The van der Waals surface area contributed by atoms with E-state index in [1.807, 2.05) is 12.1 Å². The van der Waals surface area contributed by atoms with E-state index in [9.17, 15) is 28.7 Å². The number of carbonyl (C=O) groups is 4. The van der Waals surface area contributed by atoms with Crippen molar-refractivity contribution in [1.29, 1.82) is 0 Å². The Hall–Kier alpha value is -5.13. The minimum atomic E-state index is -1.01. The molecule has 2 aliphatic rings. The average molecular weight is 557 g/mol. The van der Waals surface area contributed by atoms with E-state index in [1.54, 1.807) is 19.1 Å². The number of aromatic nitrogens is 3. The molecule has 1 aliphatic heterocycles. The number of carboxylic acid groups (broad SMARTS) is 1. The Kier molecular flexibility index (Phi) is 6.45. The van der Waals surface area contributed by atoms with Crippen LogP contribution in [0.25, 0.3) is 5.65 Å². The van der Waals surface area contributed by atoms with E-state index < -0.39 is 29.6 Å². The molecule has 3 heterocycles. The summed E-state index contributed by atoms with van der Waals surface area (Å²) in [7, 11) is 0. The Balaban J connectivity index is 1.23. The quantitative estimate of drug-likeness (QED) is 0.284. The van der Waals surface area contributed by atoms with Crippen LogP contribution in [0.1, 0.15) is 78.0 Å². The Bertz CT molecular complexity index is 1780. The molecule has 41 heavy (non-hydrogen) atoms. The summed E-state index contributed by atoms with van der Waals surface area (Å²) in [5.41, 5.74) is 4.52. The lowest BCUT2D eigenvalue weighted by Crippen LogP contribution is -2.31. The van der Waals surface area contributed by atoms with Crippen LogP contribution in [0.2, 0.25) is 0 Å². The first kappa shape index (κ1) is 26.1. The third-order valence-corrected chi connectivity index (χ3v) is 7.65. The molecular formula is C29H25FN6O5. The molecule has 1 atom stereocenters. The number of carbonyl (C=O) groups excluding carboxylic acids is 3. The molecule has 6 rings (SSSR count). The van der Waals surface area contributed by atoms with Gasteiger partial charge in [0, 0.05) is 24.7 Å². The third kappa shape index (κ3) is 4.77. The molecule has 2 aromatic carbocycles. The molecule has 1 aliphatic carbocycles. The number of aryl methyl sites for hydroxylation is 1. The maximum Gasteiger partial charge on any atom is 0.335 e. The number of hydrogen-bond acceptors (Lipinski definition) is 6. The van der Waals surface area contributed by atoms with Crippen LogP contribution in [-0.4, -0.2) is 43.4 Å². The van der Waals surface area contributed by atoms with E-state index >= 15 is 0 Å². The maximum atomic E-state index is 14.5. The molecule has 4 N–H and O–H groups in total. The minimum Gasteiger partial charge on any atom is -0.478 e. The monoisotopic (exact) mass is 556 g/mol. The van der Waals surface area contributed by atoms with E-state index in [0.29, 0.717) is 36.9 Å². The van der Waals surface area contributed by atoms with Gasteiger partial charge in [-0.05, 0) is 66.1 Å². The van der Waals surface area contributed by atoms with Crippen LogP contribution < -0.4 is 16.0 Å². The van der Waals surface area contributed by atoms with Gasteiger partial charge in [0.05, 0.1) is 17.8 Å². The van der Waals surface area contributed by atoms with Crippen molar-refractivity contribution in [2.75, 3.05) is 5.32 Å². The minimum absolute atomic E-state index is 0.0638. The molecule has 0 saturated carbocycles. The Morgan fingerprint density at radius 2 is 1.95 bits per heavy atom. The summed E-state index contributed by atoms with van der Waals surface area (Å²) in [5.74, 6) is -3.07. The van der Waals surface area contributed by atoms with Crippen LogP contribution in [0.3, 0.4) is 0 Å². The van der Waals surface area contributed by atoms with Gasteiger partial charge >= 0.3 is 5.97 Å². The molecule has 11 nitrogen and oxygen atoms in total. The highest BCUT2D eigenvalue weighted by Crippen LogP contribution is 2.35. The molecule has 4 aromatic rings. The second-order valence-corrected chi connectivity index (χ2v) is 10.2. The number of fused-ring (bicyclic) bond motifs is 3. The van der Waals surface area contributed by atoms with Gasteiger partial charge in [-0.1, -0.05) is 18.2 Å². The Morgan fingerprint density at radius 3 is 2.76 bits per heavy atom. The SMILES string of the molecule is Cc1c(C(=O)O)ccc2c1CC[C@@H]2NC(=O)c1cc(C(=O)NCc2ccc3c(c2)NC(=O)CC3)nc2c(F)cnn12. The summed E-state index contributed by atoms with van der Waals surface area (Å²) in [6.45, 7) is 1.87. The van der Waals surface area contributed by atoms with Crippen LogP contribution in [0.15, 0.2) is 42.6 Å². The van der Waals surface area contributed by atoms with Crippen molar-refractivity contribution in [1.82, 2.24) is 25.2 Å². The Morgan fingerprint density at radius 1 is 1.12 bits per heavy atom. The van der Waals surface area contributed by atoms with E-state index in [0.717, 1.165) is 33.0 Å². The summed E-state index contributed by atoms with van der Waals surface area (Å²) in [5, 5.41) is 21.8. The first-order valence-corrected chi connectivity index (χ1v) is 13.1. The number of anilines is 1. The summed E-state index contributed by atoms with van der Waals surface area (Å²) >= 11 is 0. The highest BCUT2D eigenvalue weighted by molar-refractivity contribution is 5.98. The molecule has 0 saturated heterocycles. The van der Waals surface area contributed by atoms with E-state index in [-0.39, 0.29) is 35.1 Å². The maximum absolute atomic E-state index is 14.5. The number of nitrogens with zero attached hydrogens (tertiary/aromatic N) is 3. The molecule has 208 valence electrons. The molecule has 0 spiro atoms. The third-order valence-electron chi connectivity index (χ3n) is 7.65. The predicted molar refractivity (Wildman–Crippen MR) is 144 cm³/mol. The van der Waals surface area contributed by atoms with Gasteiger partial charge in [-0.15, -0.1) is 0 Å². The fraction of sp³-hybridized carbons (Fsp3) is 0.241. The number of amides is 3. The summed E-state index contributed by atoms with van der Waals surface area (Å²) in [4.78, 5) is 53.8. The molecule has 0 unspecified atom stereocenters. The number of rotatable bonds is 6. The van der Waals surface area contributed by atoms with E-state index in [1.165, 1.54) is 12.1 Å². The summed E-state index contributed by atoms with van der Waals surface area (Å²) in [6, 6.07) is 9.62. The molecule has 3 amide bonds. The number of hydrogen-bond donors (Lipinski definition) is 4. The second-order valence-electron chi connectivity index (χ2n) is 10.2. The smallest absolute Gasteiger partial charge is 0.335 e. The van der Waals surface area contributed by atoms with Crippen molar-refractivity contribution < 1.29 is 28.7 Å². The van der Waals surface area contributed by atoms with Crippen molar-refractivity contribution in [2.24, 2.45) is 0 Å². The normalized spacial score (nSPS) is 15.7. The van der Waals surface area contributed by atoms with Crippen molar-refractivity contribution >= 4 is 35.0 Å². The topological polar surface area (TPSA) is 155 Å². The van der Waals surface area contributed by atoms with E-state index in [4.69, 9.17) is 0 Å². The van der Waals surface area contributed by atoms with Crippen molar-refractivity contribution in [3.8, 4) is 0 Å². The highest BCUT2D eigenvalue weighted by atomic mass is 19.1. The lowest BCUT2D eigenvalue weighted by Gasteiger charge is -2.18. The summed E-state index contributed by atoms with van der Waals surface area (Å²) in [6.07, 6.45) is 3.15. The van der Waals surface area contributed by atoms with Crippen LogP contribution in [0.5, 0.6) is 0 Å². The highest BCUT2D eigenvalue weighted by Gasteiger charge is 2.29. The van der Waals surface area contributed by atoms with Gasteiger partial charge in [-0.25, -0.2) is 18.7 Å². The summed E-state index contributed by atoms with van der Waals surface area (Å²) < 4.78 is 15.6. The van der Waals surface area contributed by atoms with Gasteiger partial charge in [0.1, 0.15) is 11.4 Å². The first-order chi connectivity index (χ1) is 19.7. The van der Waals surface area contributed by atoms with Crippen molar-refractivity contribution in [3.63, 3.8) is 0 Å². The standard InChI is InChI=1S/C29H25FN6O5/c1-14-17-7-8-21(19(17)6-5-18(14)29(40)41)35-28(39)24-11-23(34-26-20(30)13-32-36(24)26)27(38)31-12-15-2-3-16-4-9-25(37)33-22(16)10-15/h2-3,5-6,10-11,13,21H,4,7-9,12H2,1H3,(H,31,38)(H,33,37)(H,35,39)(H,40,41)/t21-/m0/s1. The molecular weight excluding hydrogens is 531 g/mol. The lowest BCUT2D eigenvalue weighted by molar-refractivity contribution is -0.116. The van der Waals surface area contributed by atoms with Gasteiger partial charge in [0.25, 0.3) is 11.8 Å². The number of halogens is 1. The second kappa shape index (κ2) is 10.1. The molecule has 0 bridgehead atoms. The van der Waals surface area contributed by atoms with Crippen molar-refractivity contribution in [3.05, 3.63) is 93.2 Å². The van der Waals surface area contributed by atoms with Gasteiger partial charge in [-0.2, -0.15) is 5.10 Å². The zero-order valence-corrected chi connectivity index (χ0v) is 22.0. The molecule has 0 radical (unpaired) electrons. The number of nitrogens with one attached hydrogen (secondary N) is 3. The zero-order valence-electron chi connectivity index (χ0n) is 22.0. The van der Waals surface area contributed by atoms with Crippen molar-refractivity contribution in [2.45, 2.75) is 45.2 Å². The molecule has 0 fully saturated rings. The van der Waals surface area contributed by atoms with Crippen LogP contribution in [0.4, 0.5) is 10.1 Å². The lowest BCUT2D eigenvalue weighted by atomic mass is 9.98. The number of carboxylic acids is 1. The molecule has 2 aromatic heterocycles. The van der Waals surface area contributed by atoms with Gasteiger partial charge in [0.2, 0.25) is 5.91 Å². The Labute approximate surface area is 232 Å². The number of aromatic carboxylic acids is 1. The fourth-order valence-corrected chi connectivity index (χ4v) is 5.51.